The van der Waals surface area contributed by atoms with Crippen molar-refractivity contribution < 1.29 is 9.90 Å². The summed E-state index contributed by atoms with van der Waals surface area (Å²) in [6, 6.07) is 11.5. The molecule has 2 heterocycles. The first-order valence-electron chi connectivity index (χ1n) is 10.1. The molecule has 164 valence electrons. The monoisotopic (exact) mass is 456 g/mol. The first kappa shape index (κ1) is 20.9. The Morgan fingerprint density at radius 2 is 1.64 bits per heavy atom. The average Bonchev–Trinajstić information content (AvgIpc) is 2.82. The number of carboxylic acid groups (broad SMARTS) is 1. The Hall–Kier alpha value is -3.98. The van der Waals surface area contributed by atoms with Gasteiger partial charge in [0.1, 0.15) is 0 Å². The first-order chi connectivity index (χ1) is 15.9. The maximum atomic E-state index is 12.3. The Morgan fingerprint density at radius 1 is 1.00 bits per heavy atom. The van der Waals surface area contributed by atoms with E-state index in [0.29, 0.717) is 5.52 Å². The van der Waals surface area contributed by atoms with Crippen molar-refractivity contribution in [3.05, 3.63) is 78.1 Å². The topological polar surface area (TPSA) is 141 Å². The summed E-state index contributed by atoms with van der Waals surface area (Å²) in [4.78, 5) is 29.0. The van der Waals surface area contributed by atoms with Gasteiger partial charge in [-0.15, -0.1) is 11.8 Å². The van der Waals surface area contributed by atoms with Gasteiger partial charge in [0.25, 0.3) is 0 Å². The minimum atomic E-state index is -0.896. The number of anilines is 2. The number of thioether (sulfide) groups is 1. The highest BCUT2D eigenvalue weighted by molar-refractivity contribution is 7.99. The number of nitrogens with two attached hydrogens (primary N) is 2. The molecule has 1 aliphatic rings. The molecule has 2 aromatic heterocycles. The number of allylic oxidation sites excluding steroid dienone is 2. The number of aliphatic carboxylic acids is 1. The molecule has 0 bridgehead atoms. The number of benzene rings is 2. The summed E-state index contributed by atoms with van der Waals surface area (Å²) in [7, 11) is 0. The Kier molecular flexibility index (Phi) is 4.98. The third-order valence-corrected chi connectivity index (χ3v) is 7.17. The number of nitrogens with zero attached hydrogens (tertiary/aromatic N) is 4. The lowest BCUT2D eigenvalue weighted by molar-refractivity contribution is -0.140. The van der Waals surface area contributed by atoms with Gasteiger partial charge in [0.2, 0.25) is 11.9 Å². The molecule has 4 aromatic rings. The summed E-state index contributed by atoms with van der Waals surface area (Å²) in [5, 5.41) is 11.7. The number of hydrogen-bond donors (Lipinski definition) is 3. The second-order valence-corrected chi connectivity index (χ2v) is 8.86. The number of fused-ring (bicyclic) bond motifs is 2. The number of nitrogen functional groups attached to an aromatic ring is 2. The predicted molar refractivity (Wildman–Crippen MR) is 131 cm³/mol. The lowest BCUT2D eigenvalue weighted by atomic mass is 9.78. The van der Waals surface area contributed by atoms with Crippen LogP contribution in [-0.2, 0) is 9.54 Å². The summed E-state index contributed by atoms with van der Waals surface area (Å²) in [6.45, 7) is 0. The van der Waals surface area contributed by atoms with Gasteiger partial charge in [-0.2, -0.15) is 0 Å². The zero-order chi connectivity index (χ0) is 23.2. The van der Waals surface area contributed by atoms with Crippen molar-refractivity contribution in [1.29, 1.82) is 0 Å². The van der Waals surface area contributed by atoms with Crippen molar-refractivity contribution in [3.8, 4) is 0 Å². The van der Waals surface area contributed by atoms with Gasteiger partial charge in [0, 0.05) is 23.2 Å². The fourth-order valence-corrected chi connectivity index (χ4v) is 5.28. The number of hydrogen-bond acceptors (Lipinski definition) is 8. The summed E-state index contributed by atoms with van der Waals surface area (Å²) < 4.78 is -0.835. The molecule has 2 aromatic carbocycles. The van der Waals surface area contributed by atoms with Crippen molar-refractivity contribution in [3.63, 3.8) is 0 Å². The Labute approximate surface area is 193 Å². The summed E-state index contributed by atoms with van der Waals surface area (Å²) in [5.41, 5.74) is 15.6. The molecule has 8 nitrogen and oxygen atoms in total. The Morgan fingerprint density at radius 3 is 2.27 bits per heavy atom. The summed E-state index contributed by atoms with van der Waals surface area (Å²) in [6.07, 6.45) is 10.9. The molecule has 0 amide bonds. The van der Waals surface area contributed by atoms with Crippen LogP contribution in [0.5, 0.6) is 0 Å². The van der Waals surface area contributed by atoms with Crippen molar-refractivity contribution in [1.82, 2.24) is 19.9 Å². The molecule has 0 saturated carbocycles. The van der Waals surface area contributed by atoms with Gasteiger partial charge in [-0.05, 0) is 47.2 Å². The quantitative estimate of drug-likeness (QED) is 0.419. The Balaban J connectivity index is 1.68. The molecular formula is C24H20N6O2S. The summed E-state index contributed by atoms with van der Waals surface area (Å²) in [5.74, 6) is -1.23. The van der Waals surface area contributed by atoms with Gasteiger partial charge in [0.05, 0.1) is 21.7 Å². The van der Waals surface area contributed by atoms with Crippen molar-refractivity contribution in [2.75, 3.05) is 17.7 Å². The minimum Gasteiger partial charge on any atom is -0.481 e. The maximum Gasteiger partial charge on any atom is 0.312 e. The fourth-order valence-electron chi connectivity index (χ4n) is 4.24. The van der Waals surface area contributed by atoms with Crippen LogP contribution in [0, 0.1) is 5.92 Å². The van der Waals surface area contributed by atoms with Crippen LogP contribution in [-0.4, -0.2) is 37.3 Å². The molecular weight excluding hydrogens is 436 g/mol. The molecule has 1 aliphatic carbocycles. The van der Waals surface area contributed by atoms with E-state index in [9.17, 15) is 9.90 Å². The van der Waals surface area contributed by atoms with Gasteiger partial charge >= 0.3 is 5.97 Å². The van der Waals surface area contributed by atoms with E-state index in [1.165, 1.54) is 11.8 Å². The molecule has 0 fully saturated rings. The molecule has 5 N–H and O–H groups in total. The highest BCUT2D eigenvalue weighted by atomic mass is 32.2. The molecule has 2 unspecified atom stereocenters. The van der Waals surface area contributed by atoms with E-state index in [4.69, 9.17) is 11.5 Å². The van der Waals surface area contributed by atoms with E-state index in [-0.39, 0.29) is 11.9 Å². The molecule has 0 aliphatic heterocycles. The molecule has 0 radical (unpaired) electrons. The maximum absolute atomic E-state index is 12.3. The predicted octanol–water partition coefficient (Wildman–Crippen LogP) is 3.65. The van der Waals surface area contributed by atoms with Crippen LogP contribution in [0.2, 0.25) is 0 Å². The number of carbonyl (C=O) groups is 1. The van der Waals surface area contributed by atoms with Gasteiger partial charge in [-0.25, -0.2) is 19.9 Å². The summed E-state index contributed by atoms with van der Waals surface area (Å²) >= 11 is 1.48. The molecule has 0 spiro atoms. The molecule has 33 heavy (non-hydrogen) atoms. The molecule has 9 heteroatoms. The number of aromatic nitrogens is 4. The van der Waals surface area contributed by atoms with Crippen LogP contribution in [0.25, 0.3) is 27.4 Å². The van der Waals surface area contributed by atoms with Crippen molar-refractivity contribution in [2.24, 2.45) is 5.92 Å². The number of rotatable bonds is 4. The van der Waals surface area contributed by atoms with Gasteiger partial charge in [0.15, 0.2) is 0 Å². The normalized spacial score (nSPS) is 20.2. The zero-order valence-corrected chi connectivity index (χ0v) is 18.5. The SMILES string of the molecule is CSC1(c2ccc3nc(N)ncc3c2)C=C(c2ccc3nc(N)ncc3c2)C=CC1C(=O)O. The molecule has 2 atom stereocenters. The second-order valence-electron chi connectivity index (χ2n) is 7.78. The average molecular weight is 457 g/mol. The van der Waals surface area contributed by atoms with Gasteiger partial charge in [-0.3, -0.25) is 4.79 Å². The lowest BCUT2D eigenvalue weighted by Gasteiger charge is -2.37. The first-order valence-corrected chi connectivity index (χ1v) is 11.4. The van der Waals surface area contributed by atoms with Crippen molar-refractivity contribution in [2.45, 2.75) is 4.75 Å². The molecule has 0 saturated heterocycles. The van der Waals surface area contributed by atoms with E-state index in [1.807, 2.05) is 54.8 Å². The van der Waals surface area contributed by atoms with E-state index in [2.05, 4.69) is 19.9 Å². The van der Waals surface area contributed by atoms with Crippen LogP contribution in [0.1, 0.15) is 11.1 Å². The van der Waals surface area contributed by atoms with Crippen molar-refractivity contribution >= 4 is 57.0 Å². The fraction of sp³-hybridized carbons (Fsp3) is 0.125. The zero-order valence-electron chi connectivity index (χ0n) is 17.6. The highest BCUT2D eigenvalue weighted by Crippen LogP contribution is 2.49. The van der Waals surface area contributed by atoms with Crippen LogP contribution < -0.4 is 11.5 Å². The van der Waals surface area contributed by atoms with E-state index >= 15 is 0 Å². The number of carboxylic acids is 1. The Bertz CT molecular complexity index is 1480. The van der Waals surface area contributed by atoms with E-state index in [1.54, 1.807) is 18.5 Å². The third kappa shape index (κ3) is 3.56. The van der Waals surface area contributed by atoms with Crippen LogP contribution in [0.4, 0.5) is 11.9 Å². The van der Waals surface area contributed by atoms with Crippen LogP contribution in [0.15, 0.2) is 67.0 Å². The van der Waals surface area contributed by atoms with E-state index < -0.39 is 16.6 Å². The van der Waals surface area contributed by atoms with Crippen LogP contribution >= 0.6 is 11.8 Å². The lowest BCUT2D eigenvalue weighted by Crippen LogP contribution is -2.36. The highest BCUT2D eigenvalue weighted by Gasteiger charge is 2.43. The van der Waals surface area contributed by atoms with Gasteiger partial charge in [-0.1, -0.05) is 30.4 Å². The third-order valence-electron chi connectivity index (χ3n) is 5.89. The second kappa shape index (κ2) is 7.86. The van der Waals surface area contributed by atoms with E-state index in [0.717, 1.165) is 33.0 Å². The smallest absolute Gasteiger partial charge is 0.312 e. The van der Waals surface area contributed by atoms with Crippen LogP contribution in [0.3, 0.4) is 0 Å². The largest absolute Gasteiger partial charge is 0.481 e. The minimum absolute atomic E-state index is 0.197. The molecule has 5 rings (SSSR count). The van der Waals surface area contributed by atoms with Gasteiger partial charge < -0.3 is 16.6 Å². The standard InChI is InChI=1S/C24H20N6O2S/c1-33-24(17-4-7-20-16(9-17)12-28-23(26)30-20)10-14(2-5-18(24)21(31)32)13-3-6-19-15(8-13)11-27-22(25)29-19/h2-12,18H,1H3,(H,31,32)(H2,25,27,29)(H2,26,28,30).